The van der Waals surface area contributed by atoms with Crippen LogP contribution in [0.25, 0.3) is 0 Å². The number of hydrogen-bond acceptors (Lipinski definition) is 3. The molecule has 0 bridgehead atoms. The lowest BCUT2D eigenvalue weighted by molar-refractivity contribution is 0.0198. The van der Waals surface area contributed by atoms with E-state index in [0.717, 1.165) is 0 Å². The average Bonchev–Trinajstić information content (AvgIpc) is 2.16. The van der Waals surface area contributed by atoms with Crippen LogP contribution in [0.3, 0.4) is 0 Å². The van der Waals surface area contributed by atoms with Gasteiger partial charge in [-0.1, -0.05) is 47.8 Å². The van der Waals surface area contributed by atoms with Gasteiger partial charge in [-0.05, 0) is 0 Å². The van der Waals surface area contributed by atoms with Crippen LogP contribution in [-0.2, 0) is 13.4 Å². The fourth-order valence-corrected chi connectivity index (χ4v) is 3.78. The van der Waals surface area contributed by atoms with Crippen molar-refractivity contribution >= 4 is 67.4 Å². The first-order chi connectivity index (χ1) is 7.26. The van der Waals surface area contributed by atoms with E-state index in [0.29, 0.717) is 26.2 Å². The predicted octanol–water partition coefficient (Wildman–Crippen LogP) is 3.19. The van der Waals surface area contributed by atoms with Crippen LogP contribution in [0.1, 0.15) is 6.42 Å². The molecule has 0 aromatic carbocycles. The third-order valence-electron chi connectivity index (χ3n) is 2.08. The molecule has 16 heavy (non-hydrogen) atoms. The Kier molecular flexibility index (Phi) is 6.24. The van der Waals surface area contributed by atoms with Gasteiger partial charge in [-0.3, -0.25) is 0 Å². The molecule has 96 valence electrons. The normalized spacial score (nSPS) is 27.7. The fourth-order valence-electron chi connectivity index (χ4n) is 1.45. The van der Waals surface area contributed by atoms with E-state index in [-0.39, 0.29) is 6.04 Å². The third kappa shape index (κ3) is 4.82. The fraction of sp³-hybridized carbons (Fsp3) is 1.00. The molecule has 0 amide bonds. The van der Waals surface area contributed by atoms with E-state index in [1.807, 2.05) is 0 Å². The number of morpholine rings is 1. The summed E-state index contributed by atoms with van der Waals surface area (Å²) in [6, 6.07) is -0.276. The Labute approximate surface area is 124 Å². The molecule has 0 aromatic heterocycles. The topological polar surface area (TPSA) is 59.0 Å². The Balaban J connectivity index is 2.76. The SMILES string of the molecule is O=P(O)(OCl)N1CCOCC1CC(Br)(Br)Br. The molecular weight excluding hydrogens is 456 g/mol. The number of ether oxygens (including phenoxy) is 1. The number of rotatable bonds is 3. The quantitative estimate of drug-likeness (QED) is 0.512. The van der Waals surface area contributed by atoms with E-state index in [9.17, 15) is 9.46 Å². The lowest BCUT2D eigenvalue weighted by Crippen LogP contribution is -2.44. The molecule has 0 spiro atoms. The summed E-state index contributed by atoms with van der Waals surface area (Å²) in [5, 5.41) is 0. The summed E-state index contributed by atoms with van der Waals surface area (Å²) in [7, 11) is -3.93. The molecule has 1 saturated heterocycles. The molecular formula is C6H10Br3ClNO4P. The molecule has 1 N–H and O–H groups in total. The zero-order chi connectivity index (χ0) is 12.4. The molecule has 2 atom stereocenters. The van der Waals surface area contributed by atoms with Crippen LogP contribution in [0.15, 0.2) is 0 Å². The average molecular weight is 466 g/mol. The summed E-state index contributed by atoms with van der Waals surface area (Å²) in [6.07, 6.45) is 0.498. The van der Waals surface area contributed by atoms with Gasteiger partial charge < -0.3 is 9.63 Å². The molecule has 0 saturated carbocycles. The van der Waals surface area contributed by atoms with Crippen molar-refractivity contribution in [1.29, 1.82) is 0 Å². The van der Waals surface area contributed by atoms with Gasteiger partial charge in [0.25, 0.3) is 0 Å². The van der Waals surface area contributed by atoms with Gasteiger partial charge in [-0.2, -0.15) is 4.08 Å². The van der Waals surface area contributed by atoms with Gasteiger partial charge in [-0.25, -0.2) is 9.24 Å². The van der Waals surface area contributed by atoms with Gasteiger partial charge in [0, 0.05) is 19.0 Å². The first kappa shape index (κ1) is 15.9. The highest BCUT2D eigenvalue weighted by Gasteiger charge is 2.40. The summed E-state index contributed by atoms with van der Waals surface area (Å²) in [4.78, 5) is 9.54. The van der Waals surface area contributed by atoms with Crippen LogP contribution in [0, 0.1) is 0 Å². The second kappa shape index (κ2) is 6.30. The van der Waals surface area contributed by atoms with Crippen LogP contribution < -0.4 is 0 Å². The number of alkyl halides is 3. The van der Waals surface area contributed by atoms with E-state index >= 15 is 0 Å². The molecule has 5 nitrogen and oxygen atoms in total. The Morgan fingerprint density at radius 3 is 2.75 bits per heavy atom. The molecule has 0 aliphatic carbocycles. The summed E-state index contributed by atoms with van der Waals surface area (Å²) < 4.78 is 21.9. The molecule has 0 aromatic rings. The van der Waals surface area contributed by atoms with Crippen molar-refractivity contribution in [2.45, 2.75) is 14.6 Å². The van der Waals surface area contributed by atoms with E-state index in [2.05, 4.69) is 51.9 Å². The zero-order valence-corrected chi connectivity index (χ0v) is 14.4. The summed E-state index contributed by atoms with van der Waals surface area (Å²) in [6.45, 7) is 1.02. The second-order valence-electron chi connectivity index (χ2n) is 3.27. The Bertz CT molecular complexity index is 289. The largest absolute Gasteiger partial charge is 0.422 e. The monoisotopic (exact) mass is 463 g/mol. The van der Waals surface area contributed by atoms with Crippen LogP contribution >= 0.6 is 67.4 Å². The molecule has 0 radical (unpaired) electrons. The van der Waals surface area contributed by atoms with E-state index in [1.54, 1.807) is 0 Å². The maximum atomic E-state index is 11.7. The van der Waals surface area contributed by atoms with Crippen LogP contribution in [0.2, 0.25) is 0 Å². The molecule has 2 unspecified atom stereocenters. The van der Waals surface area contributed by atoms with Gasteiger partial charge in [-0.15, -0.1) is 0 Å². The predicted molar refractivity (Wildman–Crippen MR) is 72.2 cm³/mol. The summed E-state index contributed by atoms with van der Waals surface area (Å²) in [5.41, 5.74) is 0. The van der Waals surface area contributed by atoms with Gasteiger partial charge in [0.15, 0.2) is 0 Å². The lowest BCUT2D eigenvalue weighted by Gasteiger charge is -2.37. The zero-order valence-electron chi connectivity index (χ0n) is 7.98. The minimum Gasteiger partial charge on any atom is -0.378 e. The van der Waals surface area contributed by atoms with Gasteiger partial charge in [0.05, 0.1) is 25.1 Å². The molecule has 1 heterocycles. The Morgan fingerprint density at radius 2 is 2.25 bits per heavy atom. The summed E-state index contributed by atoms with van der Waals surface area (Å²) >= 11 is 15.0. The number of nitrogens with zero attached hydrogens (tertiary/aromatic N) is 1. The minimum atomic E-state index is -3.93. The van der Waals surface area contributed by atoms with Crippen molar-refractivity contribution in [3.8, 4) is 0 Å². The van der Waals surface area contributed by atoms with Crippen LogP contribution in [0.4, 0.5) is 0 Å². The Hall–Kier alpha value is 1.80. The molecule has 10 heteroatoms. The second-order valence-corrected chi connectivity index (χ2v) is 12.6. The Morgan fingerprint density at radius 1 is 1.62 bits per heavy atom. The molecule has 1 aliphatic rings. The van der Waals surface area contributed by atoms with Gasteiger partial charge >= 0.3 is 7.75 Å². The summed E-state index contributed by atoms with van der Waals surface area (Å²) in [5.74, 6) is 0. The third-order valence-corrected chi connectivity index (χ3v) is 4.94. The maximum absolute atomic E-state index is 11.7. The van der Waals surface area contributed by atoms with Crippen molar-refractivity contribution in [2.75, 3.05) is 19.8 Å². The smallest absolute Gasteiger partial charge is 0.378 e. The molecule has 1 rings (SSSR count). The van der Waals surface area contributed by atoms with Gasteiger partial charge in [0.2, 0.25) is 0 Å². The van der Waals surface area contributed by atoms with E-state index in [1.165, 1.54) is 4.67 Å². The van der Waals surface area contributed by atoms with Crippen molar-refractivity contribution in [3.05, 3.63) is 0 Å². The van der Waals surface area contributed by atoms with Crippen LogP contribution in [-0.4, -0.2) is 37.5 Å². The van der Waals surface area contributed by atoms with Crippen molar-refractivity contribution in [1.82, 2.24) is 4.67 Å². The van der Waals surface area contributed by atoms with E-state index in [4.69, 9.17) is 16.6 Å². The highest BCUT2D eigenvalue weighted by Crippen LogP contribution is 2.52. The van der Waals surface area contributed by atoms with Crippen molar-refractivity contribution < 1.29 is 18.3 Å². The minimum absolute atomic E-state index is 0.276. The number of hydrogen-bond donors (Lipinski definition) is 1. The first-order valence-corrected chi connectivity index (χ1v) is 8.53. The van der Waals surface area contributed by atoms with Crippen LogP contribution in [0.5, 0.6) is 0 Å². The molecule has 1 aliphatic heterocycles. The van der Waals surface area contributed by atoms with E-state index < -0.39 is 9.89 Å². The molecule has 1 fully saturated rings. The maximum Gasteiger partial charge on any atom is 0.422 e. The van der Waals surface area contributed by atoms with Crippen molar-refractivity contribution in [2.24, 2.45) is 0 Å². The highest BCUT2D eigenvalue weighted by molar-refractivity contribution is 9.39. The highest BCUT2D eigenvalue weighted by atomic mass is 80.0. The number of halogens is 4. The first-order valence-electron chi connectivity index (χ1n) is 4.31. The lowest BCUT2D eigenvalue weighted by atomic mass is 10.2. The van der Waals surface area contributed by atoms with Gasteiger partial charge in [0.1, 0.15) is 2.14 Å². The standard InChI is InChI=1S/C6H10Br3ClNO4P/c7-6(8,9)3-5-4-14-2-1-11(5)16(12,13)15-10/h5H,1-4H2,(H,12,13). The van der Waals surface area contributed by atoms with Crippen molar-refractivity contribution in [3.63, 3.8) is 0 Å².